The number of rotatable bonds is 3. The molecule has 0 bridgehead atoms. The molecule has 20 heavy (non-hydrogen) atoms. The third-order valence-electron chi connectivity index (χ3n) is 3.39. The highest BCUT2D eigenvalue weighted by Crippen LogP contribution is 2.42. The molecule has 8 nitrogen and oxygen atoms in total. The Hall–Kier alpha value is -1.42. The number of aliphatic hydroxyl groups excluding tert-OH is 3. The lowest BCUT2D eigenvalue weighted by Crippen LogP contribution is -2.32. The molecule has 1 aliphatic rings. The Morgan fingerprint density at radius 3 is 2.75 bits per heavy atom. The molecule has 108 valence electrons. The average molecular weight is 297 g/mol. The van der Waals surface area contributed by atoms with Gasteiger partial charge in [0, 0.05) is 7.05 Å². The summed E-state index contributed by atoms with van der Waals surface area (Å²) in [7, 11) is 1.74. The van der Waals surface area contributed by atoms with Gasteiger partial charge in [0.05, 0.1) is 24.3 Å². The third kappa shape index (κ3) is 1.94. The molecule has 0 amide bonds. The number of aliphatic hydroxyl groups is 3. The minimum atomic E-state index is -0.984. The van der Waals surface area contributed by atoms with Crippen LogP contribution < -0.4 is 5.32 Å². The number of nitrogens with zero attached hydrogens (tertiary/aromatic N) is 4. The molecule has 1 saturated heterocycles. The Balaban J connectivity index is 2.03. The van der Waals surface area contributed by atoms with Gasteiger partial charge >= 0.3 is 0 Å². The van der Waals surface area contributed by atoms with Crippen LogP contribution in [0, 0.1) is 0 Å². The first-order valence-electron chi connectivity index (χ1n) is 6.15. The van der Waals surface area contributed by atoms with E-state index in [9.17, 15) is 15.3 Å². The number of aromatic nitrogens is 4. The number of nitrogens with one attached hydrogen (secondary N) is 1. The lowest BCUT2D eigenvalue weighted by molar-refractivity contribution is 0.0113. The van der Waals surface area contributed by atoms with Gasteiger partial charge in [-0.05, 0) is 0 Å². The van der Waals surface area contributed by atoms with Gasteiger partial charge in [-0.1, -0.05) is 0 Å². The van der Waals surface area contributed by atoms with Gasteiger partial charge in [-0.3, -0.25) is 4.57 Å². The number of hydrogen-bond donors (Lipinski definition) is 4. The Bertz CT molecular complexity index is 621. The summed E-state index contributed by atoms with van der Waals surface area (Å²) in [5.74, 6) is 0.602. The number of thioether (sulfide) groups is 1. The van der Waals surface area contributed by atoms with Crippen LogP contribution in [0.1, 0.15) is 5.37 Å². The third-order valence-corrected chi connectivity index (χ3v) is 4.95. The van der Waals surface area contributed by atoms with Crippen LogP contribution in [-0.2, 0) is 0 Å². The predicted molar refractivity (Wildman–Crippen MR) is 74.4 cm³/mol. The van der Waals surface area contributed by atoms with Crippen LogP contribution in [0.2, 0.25) is 0 Å². The van der Waals surface area contributed by atoms with Crippen LogP contribution in [0.3, 0.4) is 0 Å². The summed E-state index contributed by atoms with van der Waals surface area (Å²) in [6.07, 6.45) is 1.02. The van der Waals surface area contributed by atoms with E-state index >= 15 is 0 Å². The number of hydrogen-bond acceptors (Lipinski definition) is 8. The zero-order valence-electron chi connectivity index (χ0n) is 10.7. The average Bonchev–Trinajstić information content (AvgIpc) is 3.01. The molecule has 0 radical (unpaired) electrons. The molecule has 4 atom stereocenters. The molecule has 0 aromatic carbocycles. The van der Waals surface area contributed by atoms with E-state index in [4.69, 9.17) is 0 Å². The first-order chi connectivity index (χ1) is 9.67. The number of fused-ring (bicyclic) bond motifs is 1. The normalized spacial score (nSPS) is 30.0. The van der Waals surface area contributed by atoms with Gasteiger partial charge in [0.15, 0.2) is 11.5 Å². The molecule has 1 unspecified atom stereocenters. The van der Waals surface area contributed by atoms with E-state index < -0.39 is 22.8 Å². The lowest BCUT2D eigenvalue weighted by Gasteiger charge is -2.16. The number of anilines is 1. The molecule has 2 aromatic heterocycles. The maximum Gasteiger partial charge on any atom is 0.166 e. The van der Waals surface area contributed by atoms with Crippen molar-refractivity contribution in [3.8, 4) is 0 Å². The summed E-state index contributed by atoms with van der Waals surface area (Å²) in [6, 6.07) is 0. The molecule has 2 aromatic rings. The molecular weight excluding hydrogens is 282 g/mol. The zero-order chi connectivity index (χ0) is 14.3. The molecule has 1 aliphatic heterocycles. The van der Waals surface area contributed by atoms with Crippen molar-refractivity contribution in [2.24, 2.45) is 0 Å². The topological polar surface area (TPSA) is 116 Å². The number of imidazole rings is 1. The summed E-state index contributed by atoms with van der Waals surface area (Å²) in [5, 5.41) is 31.3. The summed E-state index contributed by atoms with van der Waals surface area (Å²) in [4.78, 5) is 12.5. The first kappa shape index (κ1) is 13.6. The highest BCUT2D eigenvalue weighted by molar-refractivity contribution is 8.00. The second-order valence-electron chi connectivity index (χ2n) is 4.53. The van der Waals surface area contributed by atoms with Crippen LogP contribution in [0.4, 0.5) is 5.82 Å². The van der Waals surface area contributed by atoms with Crippen LogP contribution in [0.5, 0.6) is 0 Å². The van der Waals surface area contributed by atoms with Crippen LogP contribution in [0.25, 0.3) is 11.2 Å². The van der Waals surface area contributed by atoms with E-state index in [0.717, 1.165) is 0 Å². The second-order valence-corrected chi connectivity index (χ2v) is 5.89. The van der Waals surface area contributed by atoms with Crippen LogP contribution in [0.15, 0.2) is 12.7 Å². The smallest absolute Gasteiger partial charge is 0.166 e. The summed E-state index contributed by atoms with van der Waals surface area (Å²) in [6.45, 7) is -0.192. The molecule has 3 rings (SSSR count). The molecule has 0 aliphatic carbocycles. The van der Waals surface area contributed by atoms with Crippen molar-refractivity contribution in [2.75, 3.05) is 19.0 Å². The Morgan fingerprint density at radius 1 is 1.30 bits per heavy atom. The summed E-state index contributed by atoms with van der Waals surface area (Å²) >= 11 is 1.31. The van der Waals surface area contributed by atoms with E-state index in [1.54, 1.807) is 17.9 Å². The predicted octanol–water partition coefficient (Wildman–Crippen LogP) is -0.804. The van der Waals surface area contributed by atoms with E-state index in [-0.39, 0.29) is 6.61 Å². The van der Waals surface area contributed by atoms with Gasteiger partial charge in [0.1, 0.15) is 23.3 Å². The maximum atomic E-state index is 10.1. The fourth-order valence-corrected chi connectivity index (χ4v) is 3.70. The second kappa shape index (κ2) is 5.17. The zero-order valence-corrected chi connectivity index (χ0v) is 11.5. The van der Waals surface area contributed by atoms with E-state index in [1.807, 2.05) is 0 Å². The quantitative estimate of drug-likeness (QED) is 0.581. The standard InChI is InChI=1S/C11H15N5O3S/c1-12-9-6-10(14-3-13-9)16(4-15-6)11-8(19)7(18)5(2-17)20-11/h3-5,7-8,11,17-19H,2H2,1H3,(H,12,13,14)/t5-,7+,8?,11-/m1/s1. The van der Waals surface area contributed by atoms with Gasteiger partial charge in [0.25, 0.3) is 0 Å². The molecule has 0 spiro atoms. The van der Waals surface area contributed by atoms with Crippen molar-refractivity contribution in [3.63, 3.8) is 0 Å². The van der Waals surface area contributed by atoms with Crippen molar-refractivity contribution in [3.05, 3.63) is 12.7 Å². The summed E-state index contributed by atoms with van der Waals surface area (Å²) < 4.78 is 1.70. The van der Waals surface area contributed by atoms with Gasteiger partial charge in [-0.15, -0.1) is 11.8 Å². The molecule has 0 saturated carbocycles. The van der Waals surface area contributed by atoms with Gasteiger partial charge in [-0.2, -0.15) is 0 Å². The Labute approximate surface area is 118 Å². The van der Waals surface area contributed by atoms with Crippen molar-refractivity contribution < 1.29 is 15.3 Å². The first-order valence-corrected chi connectivity index (χ1v) is 7.09. The van der Waals surface area contributed by atoms with Crippen LogP contribution >= 0.6 is 11.8 Å². The molecule has 1 fully saturated rings. The van der Waals surface area contributed by atoms with Gasteiger partial charge in [-0.25, -0.2) is 15.0 Å². The van der Waals surface area contributed by atoms with Gasteiger partial charge in [0.2, 0.25) is 0 Å². The SMILES string of the molecule is CNc1ncnc2c1ncn2[C@@H]1S[C@H](CO)[C@H](O)C1O. The molecule has 9 heteroatoms. The van der Waals surface area contributed by atoms with E-state index in [1.165, 1.54) is 18.1 Å². The van der Waals surface area contributed by atoms with E-state index in [0.29, 0.717) is 17.0 Å². The van der Waals surface area contributed by atoms with E-state index in [2.05, 4.69) is 20.3 Å². The molecular formula is C11H15N5O3S. The molecule has 4 N–H and O–H groups in total. The minimum absolute atomic E-state index is 0.192. The summed E-state index contributed by atoms with van der Waals surface area (Å²) in [5.41, 5.74) is 1.18. The Kier molecular flexibility index (Phi) is 3.50. The molecule has 3 heterocycles. The lowest BCUT2D eigenvalue weighted by atomic mass is 10.1. The monoisotopic (exact) mass is 297 g/mol. The maximum absolute atomic E-state index is 10.1. The van der Waals surface area contributed by atoms with Gasteiger partial charge < -0.3 is 20.6 Å². The fourth-order valence-electron chi connectivity index (χ4n) is 2.33. The van der Waals surface area contributed by atoms with Crippen molar-refractivity contribution in [2.45, 2.75) is 22.8 Å². The highest BCUT2D eigenvalue weighted by atomic mass is 32.2. The Morgan fingerprint density at radius 2 is 2.10 bits per heavy atom. The van der Waals surface area contributed by atoms with Crippen molar-refractivity contribution >= 4 is 28.7 Å². The van der Waals surface area contributed by atoms with Crippen molar-refractivity contribution in [1.29, 1.82) is 0 Å². The largest absolute Gasteiger partial charge is 0.395 e. The highest BCUT2D eigenvalue weighted by Gasteiger charge is 2.43. The van der Waals surface area contributed by atoms with Crippen molar-refractivity contribution in [1.82, 2.24) is 19.5 Å². The van der Waals surface area contributed by atoms with Crippen LogP contribution in [-0.4, -0.2) is 66.0 Å². The fraction of sp³-hybridized carbons (Fsp3) is 0.545. The minimum Gasteiger partial charge on any atom is -0.395 e.